The Morgan fingerprint density at radius 1 is 1.59 bits per heavy atom. The minimum Gasteiger partial charge on any atom is -0.429 e. The van der Waals surface area contributed by atoms with Crippen molar-refractivity contribution in [3.05, 3.63) is 34.8 Å². The number of rotatable bonds is 4. The lowest BCUT2D eigenvalue weighted by Crippen LogP contribution is -2.38. The molecule has 6 heteroatoms. The van der Waals surface area contributed by atoms with Crippen LogP contribution in [0.15, 0.2) is 12.1 Å². The quantitative estimate of drug-likeness (QED) is 0.881. The zero-order valence-electron chi connectivity index (χ0n) is 12.1. The lowest BCUT2D eigenvalue weighted by Gasteiger charge is -2.35. The SMILES string of the molecule is CCC[C@@]1(OC=O)OCCc2c1[nH]c1c(F)ccc(C#N)c21. The zero-order valence-corrected chi connectivity index (χ0v) is 12.1. The number of halogens is 1. The average molecular weight is 302 g/mol. The second kappa shape index (κ2) is 5.43. The van der Waals surface area contributed by atoms with Crippen molar-refractivity contribution in [3.8, 4) is 6.07 Å². The molecule has 1 aromatic carbocycles. The second-order valence-corrected chi connectivity index (χ2v) is 5.25. The van der Waals surface area contributed by atoms with Crippen molar-refractivity contribution < 1.29 is 18.7 Å². The van der Waals surface area contributed by atoms with Gasteiger partial charge in [0.15, 0.2) is 0 Å². The van der Waals surface area contributed by atoms with E-state index < -0.39 is 11.6 Å². The standard InChI is InChI=1S/C16H15FN2O3/c1-2-6-16(22-9-20)15-11(5-7-21-16)13-10(8-18)3-4-12(17)14(13)19-15/h3-4,9,19H,2,5-7H2,1H3/t16-/m0/s1. The van der Waals surface area contributed by atoms with Crippen molar-refractivity contribution in [3.63, 3.8) is 0 Å². The first-order valence-electron chi connectivity index (χ1n) is 7.16. The Hall–Kier alpha value is -2.39. The third kappa shape index (κ3) is 1.97. The van der Waals surface area contributed by atoms with Gasteiger partial charge >= 0.3 is 0 Å². The fourth-order valence-electron chi connectivity index (χ4n) is 3.15. The number of benzene rings is 1. The molecule has 5 nitrogen and oxygen atoms in total. The van der Waals surface area contributed by atoms with Gasteiger partial charge < -0.3 is 14.5 Å². The highest BCUT2D eigenvalue weighted by Gasteiger charge is 2.42. The van der Waals surface area contributed by atoms with Gasteiger partial charge in [-0.2, -0.15) is 5.26 Å². The summed E-state index contributed by atoms with van der Waals surface area (Å²) >= 11 is 0. The number of H-pyrrole nitrogens is 1. The fourth-order valence-corrected chi connectivity index (χ4v) is 3.15. The number of ether oxygens (including phenoxy) is 2. The van der Waals surface area contributed by atoms with Gasteiger partial charge in [-0.1, -0.05) is 6.92 Å². The smallest absolute Gasteiger partial charge is 0.295 e. The maximum Gasteiger partial charge on any atom is 0.295 e. The molecule has 0 bridgehead atoms. The van der Waals surface area contributed by atoms with Crippen LogP contribution in [0.4, 0.5) is 4.39 Å². The number of hydrogen-bond acceptors (Lipinski definition) is 4. The Morgan fingerprint density at radius 2 is 2.41 bits per heavy atom. The van der Waals surface area contributed by atoms with Crippen molar-refractivity contribution in [2.75, 3.05) is 6.61 Å². The predicted octanol–water partition coefficient (Wildman–Crippen LogP) is 2.88. The van der Waals surface area contributed by atoms with E-state index in [4.69, 9.17) is 9.47 Å². The van der Waals surface area contributed by atoms with Crippen LogP contribution in [-0.2, 0) is 26.5 Å². The number of fused-ring (bicyclic) bond motifs is 3. The molecule has 3 rings (SSSR count). The lowest BCUT2D eigenvalue weighted by molar-refractivity contribution is -0.239. The molecule has 0 saturated carbocycles. The van der Waals surface area contributed by atoms with Crippen LogP contribution in [0.3, 0.4) is 0 Å². The molecule has 1 aromatic heterocycles. The highest BCUT2D eigenvalue weighted by atomic mass is 19.1. The molecule has 0 saturated heterocycles. The summed E-state index contributed by atoms with van der Waals surface area (Å²) < 4.78 is 25.1. The number of aromatic nitrogens is 1. The van der Waals surface area contributed by atoms with E-state index in [0.29, 0.717) is 42.6 Å². The molecular weight excluding hydrogens is 287 g/mol. The number of carbonyl (C=O) groups is 1. The highest BCUT2D eigenvalue weighted by Crippen LogP contribution is 2.41. The molecule has 22 heavy (non-hydrogen) atoms. The summed E-state index contributed by atoms with van der Waals surface area (Å²) in [5.41, 5.74) is 1.97. The largest absolute Gasteiger partial charge is 0.429 e. The molecule has 0 unspecified atom stereocenters. The van der Waals surface area contributed by atoms with E-state index in [1.165, 1.54) is 12.1 Å². The van der Waals surface area contributed by atoms with Crippen LogP contribution in [0, 0.1) is 17.1 Å². The number of aromatic amines is 1. The summed E-state index contributed by atoms with van der Waals surface area (Å²) in [7, 11) is 0. The van der Waals surface area contributed by atoms with Gasteiger partial charge in [-0.15, -0.1) is 0 Å². The summed E-state index contributed by atoms with van der Waals surface area (Å²) in [6.45, 7) is 2.63. The Morgan fingerprint density at radius 3 is 3.09 bits per heavy atom. The van der Waals surface area contributed by atoms with E-state index in [1.807, 2.05) is 6.92 Å². The Balaban J connectivity index is 2.32. The second-order valence-electron chi connectivity index (χ2n) is 5.25. The Kier molecular flexibility index (Phi) is 3.59. The van der Waals surface area contributed by atoms with Crippen LogP contribution in [0.25, 0.3) is 10.9 Å². The lowest BCUT2D eigenvalue weighted by atomic mass is 9.95. The van der Waals surface area contributed by atoms with Gasteiger partial charge in [0.2, 0.25) is 0 Å². The average Bonchev–Trinajstić information content (AvgIpc) is 2.91. The molecule has 114 valence electrons. The normalized spacial score (nSPS) is 20.4. The molecule has 1 aliphatic heterocycles. The molecule has 0 aliphatic carbocycles. The highest BCUT2D eigenvalue weighted by molar-refractivity contribution is 5.91. The molecule has 0 fully saturated rings. The van der Waals surface area contributed by atoms with Crippen LogP contribution in [0.2, 0.25) is 0 Å². The Labute approximate surface area is 126 Å². The first-order valence-corrected chi connectivity index (χ1v) is 7.16. The van der Waals surface area contributed by atoms with Crippen LogP contribution in [-0.4, -0.2) is 18.1 Å². The number of nitriles is 1. The van der Waals surface area contributed by atoms with E-state index in [0.717, 1.165) is 12.0 Å². The van der Waals surface area contributed by atoms with Gasteiger partial charge in [-0.3, -0.25) is 4.79 Å². The van der Waals surface area contributed by atoms with Gasteiger partial charge in [-0.05, 0) is 30.5 Å². The van der Waals surface area contributed by atoms with Crippen molar-refractivity contribution in [1.29, 1.82) is 5.26 Å². The van der Waals surface area contributed by atoms with Crippen molar-refractivity contribution >= 4 is 17.4 Å². The predicted molar refractivity (Wildman–Crippen MR) is 76.4 cm³/mol. The van der Waals surface area contributed by atoms with Gasteiger partial charge in [0, 0.05) is 11.8 Å². The molecule has 0 radical (unpaired) electrons. The minimum atomic E-state index is -1.23. The van der Waals surface area contributed by atoms with Crippen LogP contribution in [0.1, 0.15) is 36.6 Å². The van der Waals surface area contributed by atoms with E-state index in [9.17, 15) is 14.4 Å². The van der Waals surface area contributed by atoms with E-state index in [2.05, 4.69) is 11.1 Å². The number of nitrogens with one attached hydrogen (secondary N) is 1. The monoisotopic (exact) mass is 302 g/mol. The molecule has 2 heterocycles. The summed E-state index contributed by atoms with van der Waals surface area (Å²) in [6, 6.07) is 4.80. The fraction of sp³-hybridized carbons (Fsp3) is 0.375. The molecule has 2 aromatic rings. The van der Waals surface area contributed by atoms with Crippen LogP contribution in [0.5, 0.6) is 0 Å². The van der Waals surface area contributed by atoms with Gasteiger partial charge in [-0.25, -0.2) is 4.39 Å². The van der Waals surface area contributed by atoms with Gasteiger partial charge in [0.05, 0.1) is 29.5 Å². The molecular formula is C16H15FN2O3. The number of carbonyl (C=O) groups excluding carboxylic acids is 1. The van der Waals surface area contributed by atoms with Crippen molar-refractivity contribution in [2.45, 2.75) is 32.0 Å². The van der Waals surface area contributed by atoms with E-state index in [1.54, 1.807) is 0 Å². The molecule has 1 atom stereocenters. The number of hydrogen-bond donors (Lipinski definition) is 1. The molecule has 0 amide bonds. The van der Waals surface area contributed by atoms with E-state index >= 15 is 0 Å². The van der Waals surface area contributed by atoms with Crippen LogP contribution >= 0.6 is 0 Å². The summed E-state index contributed by atoms with van der Waals surface area (Å²) in [5.74, 6) is -1.68. The van der Waals surface area contributed by atoms with Gasteiger partial charge in [0.1, 0.15) is 5.82 Å². The third-order valence-corrected chi connectivity index (χ3v) is 4.01. The topological polar surface area (TPSA) is 75.1 Å². The molecule has 0 spiro atoms. The summed E-state index contributed by atoms with van der Waals surface area (Å²) in [4.78, 5) is 13.9. The maximum absolute atomic E-state index is 14.1. The number of nitrogens with zero attached hydrogens (tertiary/aromatic N) is 1. The molecule has 1 aliphatic rings. The first-order chi connectivity index (χ1) is 10.7. The molecule has 1 N–H and O–H groups in total. The maximum atomic E-state index is 14.1. The van der Waals surface area contributed by atoms with Crippen molar-refractivity contribution in [2.24, 2.45) is 0 Å². The summed E-state index contributed by atoms with van der Waals surface area (Å²) in [6.07, 6.45) is 1.70. The van der Waals surface area contributed by atoms with Crippen LogP contribution < -0.4 is 0 Å². The minimum absolute atomic E-state index is 0.254. The first kappa shape index (κ1) is 14.5. The summed E-state index contributed by atoms with van der Waals surface area (Å²) in [5, 5.41) is 9.83. The van der Waals surface area contributed by atoms with Crippen molar-refractivity contribution in [1.82, 2.24) is 4.98 Å². The van der Waals surface area contributed by atoms with E-state index in [-0.39, 0.29) is 5.52 Å². The van der Waals surface area contributed by atoms with Gasteiger partial charge in [0.25, 0.3) is 12.3 Å². The third-order valence-electron chi connectivity index (χ3n) is 4.01. The Bertz CT molecular complexity index is 778. The zero-order chi connectivity index (χ0) is 15.7.